The number of anilines is 1. The molecule has 2 amide bonds. The number of hydrogen-bond acceptors (Lipinski definition) is 2. The second-order valence-corrected chi connectivity index (χ2v) is 7.16. The molecule has 1 aliphatic heterocycles. The number of rotatable bonds is 3. The maximum absolute atomic E-state index is 13.0. The first-order valence-corrected chi connectivity index (χ1v) is 8.67. The van der Waals surface area contributed by atoms with Gasteiger partial charge in [-0.3, -0.25) is 9.59 Å². The number of aryl methyl sites for hydroxylation is 2. The van der Waals surface area contributed by atoms with Crippen LogP contribution >= 0.6 is 23.2 Å². The molecule has 2 aromatic carbocycles. The van der Waals surface area contributed by atoms with Crippen molar-refractivity contribution in [1.29, 1.82) is 0 Å². The van der Waals surface area contributed by atoms with Crippen molar-refractivity contribution < 1.29 is 9.59 Å². The molecule has 0 bridgehead atoms. The Kier molecular flexibility index (Phi) is 4.76. The summed E-state index contributed by atoms with van der Waals surface area (Å²) in [5.41, 5.74) is 4.49. The predicted molar refractivity (Wildman–Crippen MR) is 100 cm³/mol. The molecule has 0 aliphatic carbocycles. The monoisotopic (exact) mass is 376 g/mol. The van der Waals surface area contributed by atoms with Gasteiger partial charge in [-0.15, -0.1) is 0 Å². The van der Waals surface area contributed by atoms with Crippen molar-refractivity contribution >= 4 is 40.7 Å². The molecule has 0 saturated heterocycles. The summed E-state index contributed by atoms with van der Waals surface area (Å²) >= 11 is 12.2. The third-order valence-corrected chi connectivity index (χ3v) is 4.85. The van der Waals surface area contributed by atoms with Crippen LogP contribution in [0.1, 0.15) is 35.2 Å². The van der Waals surface area contributed by atoms with Crippen LogP contribution in [0.3, 0.4) is 0 Å². The lowest BCUT2D eigenvalue weighted by Gasteiger charge is -2.20. The third kappa shape index (κ3) is 3.37. The summed E-state index contributed by atoms with van der Waals surface area (Å²) in [5.74, 6) is -0.403. The van der Waals surface area contributed by atoms with Gasteiger partial charge in [-0.1, -0.05) is 47.0 Å². The molecule has 1 unspecified atom stereocenters. The molecular formula is C19H18Cl2N2O2. The van der Waals surface area contributed by atoms with E-state index in [0.29, 0.717) is 16.6 Å². The first-order chi connectivity index (χ1) is 11.8. The van der Waals surface area contributed by atoms with Crippen molar-refractivity contribution in [1.82, 2.24) is 5.32 Å². The lowest BCUT2D eigenvalue weighted by molar-refractivity contribution is -0.126. The van der Waals surface area contributed by atoms with Gasteiger partial charge in [0, 0.05) is 22.5 Å². The molecule has 130 valence electrons. The van der Waals surface area contributed by atoms with Gasteiger partial charge in [-0.05, 0) is 37.1 Å². The van der Waals surface area contributed by atoms with E-state index in [9.17, 15) is 9.59 Å². The van der Waals surface area contributed by atoms with E-state index < -0.39 is 6.04 Å². The molecule has 4 nitrogen and oxygen atoms in total. The zero-order valence-electron chi connectivity index (χ0n) is 14.2. The summed E-state index contributed by atoms with van der Waals surface area (Å²) in [7, 11) is 0. The van der Waals surface area contributed by atoms with Crippen molar-refractivity contribution in [3.63, 3.8) is 0 Å². The Morgan fingerprint density at radius 3 is 2.56 bits per heavy atom. The maximum Gasteiger partial charge on any atom is 0.254 e. The Morgan fingerprint density at radius 1 is 1.20 bits per heavy atom. The standard InChI is InChI=1S/C19H18Cl2N2O2/c1-10-6-11(2)18-15(7-10)17(22-12(3)24)19(25)23(18)9-13-4-5-14(20)8-16(13)21/h4-8,17H,9H2,1-3H3,(H,22,24). The lowest BCUT2D eigenvalue weighted by atomic mass is 10.0. The Bertz CT molecular complexity index is 880. The minimum atomic E-state index is -0.669. The number of hydrogen-bond donors (Lipinski definition) is 1. The number of benzene rings is 2. The van der Waals surface area contributed by atoms with Crippen LogP contribution < -0.4 is 10.2 Å². The van der Waals surface area contributed by atoms with Crippen molar-refractivity contribution in [3.05, 3.63) is 62.6 Å². The zero-order valence-corrected chi connectivity index (χ0v) is 15.7. The summed E-state index contributed by atoms with van der Waals surface area (Å²) in [4.78, 5) is 26.2. The van der Waals surface area contributed by atoms with E-state index in [2.05, 4.69) is 5.32 Å². The highest BCUT2D eigenvalue weighted by Crippen LogP contribution is 2.40. The van der Waals surface area contributed by atoms with Gasteiger partial charge in [0.05, 0.1) is 12.2 Å². The summed E-state index contributed by atoms with van der Waals surface area (Å²) in [5, 5.41) is 3.81. The maximum atomic E-state index is 13.0. The van der Waals surface area contributed by atoms with Crippen LogP contribution in [-0.4, -0.2) is 11.8 Å². The van der Waals surface area contributed by atoms with Crippen LogP contribution in [0, 0.1) is 13.8 Å². The largest absolute Gasteiger partial charge is 0.341 e. The average Bonchev–Trinajstić information content (AvgIpc) is 2.75. The summed E-state index contributed by atoms with van der Waals surface area (Å²) in [6, 6.07) is 8.53. The number of halogens is 2. The highest BCUT2D eigenvalue weighted by molar-refractivity contribution is 6.35. The van der Waals surface area contributed by atoms with Crippen LogP contribution in [0.15, 0.2) is 30.3 Å². The van der Waals surface area contributed by atoms with E-state index in [1.807, 2.05) is 32.0 Å². The molecule has 25 heavy (non-hydrogen) atoms. The van der Waals surface area contributed by atoms with Crippen molar-refractivity contribution in [2.45, 2.75) is 33.4 Å². The molecule has 0 aromatic heterocycles. The van der Waals surface area contributed by atoms with Gasteiger partial charge in [-0.2, -0.15) is 0 Å². The molecular weight excluding hydrogens is 359 g/mol. The molecule has 6 heteroatoms. The highest BCUT2D eigenvalue weighted by atomic mass is 35.5. The van der Waals surface area contributed by atoms with Crippen LogP contribution in [-0.2, 0) is 16.1 Å². The zero-order chi connectivity index (χ0) is 18.3. The number of carbonyl (C=O) groups is 2. The molecule has 0 radical (unpaired) electrons. The fraction of sp³-hybridized carbons (Fsp3) is 0.263. The second-order valence-electron chi connectivity index (χ2n) is 6.31. The summed E-state index contributed by atoms with van der Waals surface area (Å²) in [6.45, 7) is 5.67. The van der Waals surface area contributed by atoms with E-state index in [0.717, 1.165) is 27.9 Å². The average molecular weight is 377 g/mol. The smallest absolute Gasteiger partial charge is 0.254 e. The second kappa shape index (κ2) is 6.70. The Hall–Kier alpha value is -2.04. The number of amides is 2. The van der Waals surface area contributed by atoms with Crippen molar-refractivity contribution in [3.8, 4) is 0 Å². The van der Waals surface area contributed by atoms with Crippen LogP contribution in [0.25, 0.3) is 0 Å². The van der Waals surface area contributed by atoms with Gasteiger partial charge in [0.25, 0.3) is 5.91 Å². The SMILES string of the molecule is CC(=O)NC1C(=O)N(Cc2ccc(Cl)cc2Cl)c2c(C)cc(C)cc21. The van der Waals surface area contributed by atoms with Crippen molar-refractivity contribution in [2.24, 2.45) is 0 Å². The molecule has 0 spiro atoms. The van der Waals surface area contributed by atoms with Gasteiger partial charge in [0.2, 0.25) is 5.91 Å². The molecule has 2 aromatic rings. The molecule has 1 N–H and O–H groups in total. The van der Waals surface area contributed by atoms with E-state index in [1.54, 1.807) is 17.0 Å². The first-order valence-electron chi connectivity index (χ1n) is 7.91. The Balaban J connectivity index is 2.06. The van der Waals surface area contributed by atoms with Crippen molar-refractivity contribution in [2.75, 3.05) is 4.90 Å². The van der Waals surface area contributed by atoms with E-state index in [4.69, 9.17) is 23.2 Å². The molecule has 3 rings (SSSR count). The normalized spacial score (nSPS) is 16.1. The van der Waals surface area contributed by atoms with Crippen LogP contribution in [0.5, 0.6) is 0 Å². The van der Waals surface area contributed by atoms with Gasteiger partial charge in [0.1, 0.15) is 6.04 Å². The van der Waals surface area contributed by atoms with Gasteiger partial charge in [-0.25, -0.2) is 0 Å². The number of fused-ring (bicyclic) bond motifs is 1. The molecule has 1 atom stereocenters. The number of carbonyl (C=O) groups excluding carboxylic acids is 2. The Labute approximate surface area is 156 Å². The van der Waals surface area contributed by atoms with Gasteiger partial charge < -0.3 is 10.2 Å². The van der Waals surface area contributed by atoms with E-state index >= 15 is 0 Å². The third-order valence-electron chi connectivity index (χ3n) is 4.26. The number of nitrogens with one attached hydrogen (secondary N) is 1. The Morgan fingerprint density at radius 2 is 1.92 bits per heavy atom. The fourth-order valence-corrected chi connectivity index (χ4v) is 3.77. The van der Waals surface area contributed by atoms with Gasteiger partial charge in [0.15, 0.2) is 0 Å². The molecule has 0 fully saturated rings. The van der Waals surface area contributed by atoms with Crippen LogP contribution in [0.2, 0.25) is 10.0 Å². The first kappa shape index (κ1) is 17.8. The fourth-order valence-electron chi connectivity index (χ4n) is 3.30. The topological polar surface area (TPSA) is 49.4 Å². The van der Waals surface area contributed by atoms with E-state index in [-0.39, 0.29) is 11.8 Å². The van der Waals surface area contributed by atoms with Crippen LogP contribution in [0.4, 0.5) is 5.69 Å². The highest BCUT2D eigenvalue weighted by Gasteiger charge is 2.39. The predicted octanol–water partition coefficient (Wildman–Crippen LogP) is 4.33. The molecule has 1 heterocycles. The number of nitrogens with zero attached hydrogens (tertiary/aromatic N) is 1. The minimum Gasteiger partial charge on any atom is -0.341 e. The summed E-state index contributed by atoms with van der Waals surface area (Å²) in [6.07, 6.45) is 0. The van der Waals surface area contributed by atoms with E-state index in [1.165, 1.54) is 6.92 Å². The minimum absolute atomic E-state index is 0.162. The molecule has 0 saturated carbocycles. The lowest BCUT2D eigenvalue weighted by Crippen LogP contribution is -2.36. The summed E-state index contributed by atoms with van der Waals surface area (Å²) < 4.78 is 0. The molecule has 1 aliphatic rings. The quantitative estimate of drug-likeness (QED) is 0.866. The van der Waals surface area contributed by atoms with Gasteiger partial charge >= 0.3 is 0 Å².